The third-order valence-electron chi connectivity index (χ3n) is 3.56. The Hall–Kier alpha value is -2.63. The molecule has 1 aromatic carbocycles. The summed E-state index contributed by atoms with van der Waals surface area (Å²) in [6.07, 6.45) is 0. The van der Waals surface area contributed by atoms with Crippen LogP contribution in [0.1, 0.15) is 17.3 Å². The van der Waals surface area contributed by atoms with Gasteiger partial charge in [0.1, 0.15) is 10.8 Å². The van der Waals surface area contributed by atoms with Crippen molar-refractivity contribution < 1.29 is 14.3 Å². The summed E-state index contributed by atoms with van der Waals surface area (Å²) in [5, 5.41) is 16.4. The number of hydrogen-bond acceptors (Lipinski definition) is 9. The molecule has 0 bridgehead atoms. The summed E-state index contributed by atoms with van der Waals surface area (Å²) in [4.78, 5) is 23.8. The fourth-order valence-corrected chi connectivity index (χ4v) is 4.84. The van der Waals surface area contributed by atoms with Crippen molar-refractivity contribution in [1.82, 2.24) is 10.2 Å². The molecule has 1 atom stereocenters. The van der Waals surface area contributed by atoms with Crippen molar-refractivity contribution in [1.29, 1.82) is 0 Å². The van der Waals surface area contributed by atoms with Gasteiger partial charge in [0.05, 0.1) is 17.9 Å². The smallest absolute Gasteiger partial charge is 0.251 e. The predicted octanol–water partition coefficient (Wildman–Crippen LogP) is 3.57. The molecule has 28 heavy (non-hydrogen) atoms. The van der Waals surface area contributed by atoms with Gasteiger partial charge in [0.2, 0.25) is 11.0 Å². The van der Waals surface area contributed by atoms with Gasteiger partial charge in [-0.25, -0.2) is 0 Å². The van der Waals surface area contributed by atoms with Crippen molar-refractivity contribution in [3.63, 3.8) is 0 Å². The minimum atomic E-state index is -0.574. The molecule has 0 spiro atoms. The molecular weight excluding hydrogens is 418 g/mol. The van der Waals surface area contributed by atoms with Crippen LogP contribution in [-0.4, -0.2) is 34.4 Å². The summed E-state index contributed by atoms with van der Waals surface area (Å²) in [5.74, 6) is -0.0471. The highest BCUT2D eigenvalue weighted by atomic mass is 32.2. The Labute approximate surface area is 173 Å². The highest BCUT2D eigenvalue weighted by Crippen LogP contribution is 2.32. The number of primary amides is 1. The van der Waals surface area contributed by atoms with Crippen molar-refractivity contribution in [2.24, 2.45) is 5.73 Å². The Morgan fingerprint density at radius 2 is 1.96 bits per heavy atom. The number of nitrogens with one attached hydrogen (secondary N) is 2. The zero-order valence-electron chi connectivity index (χ0n) is 15.0. The third-order valence-corrected chi connectivity index (χ3v) is 6.41. The molecule has 3 aromatic rings. The van der Waals surface area contributed by atoms with Crippen LogP contribution >= 0.6 is 34.4 Å². The van der Waals surface area contributed by atoms with Crippen LogP contribution in [0.2, 0.25) is 0 Å². The van der Waals surface area contributed by atoms with Gasteiger partial charge < -0.3 is 21.1 Å². The van der Waals surface area contributed by atoms with E-state index in [4.69, 9.17) is 10.5 Å². The van der Waals surface area contributed by atoms with Crippen LogP contribution in [0, 0.1) is 0 Å². The average Bonchev–Trinajstić information content (AvgIpc) is 3.31. The maximum absolute atomic E-state index is 12.4. The van der Waals surface area contributed by atoms with Crippen molar-refractivity contribution in [2.75, 3.05) is 17.7 Å². The van der Waals surface area contributed by atoms with E-state index >= 15 is 0 Å². The van der Waals surface area contributed by atoms with Crippen LogP contribution in [0.25, 0.3) is 0 Å². The van der Waals surface area contributed by atoms with Crippen molar-refractivity contribution in [2.45, 2.75) is 16.5 Å². The first kappa shape index (κ1) is 20.1. The lowest BCUT2D eigenvalue weighted by atomic mass is 10.3. The number of hydrogen-bond donors (Lipinski definition) is 3. The van der Waals surface area contributed by atoms with Crippen LogP contribution in [-0.2, 0) is 4.79 Å². The first-order valence-electron chi connectivity index (χ1n) is 8.05. The predicted molar refractivity (Wildman–Crippen MR) is 113 cm³/mol. The second-order valence-electron chi connectivity index (χ2n) is 5.50. The van der Waals surface area contributed by atoms with E-state index in [1.165, 1.54) is 34.4 Å². The molecule has 0 saturated carbocycles. The lowest BCUT2D eigenvalue weighted by molar-refractivity contribution is -0.115. The summed E-state index contributed by atoms with van der Waals surface area (Å²) in [5.41, 5.74) is 6.46. The number of ether oxygens (including phenoxy) is 1. The number of thioether (sulfide) groups is 1. The molecular formula is C17H17N5O3S3. The van der Waals surface area contributed by atoms with E-state index in [1.807, 2.05) is 24.3 Å². The normalized spacial score (nSPS) is 11.6. The van der Waals surface area contributed by atoms with E-state index in [-0.39, 0.29) is 5.91 Å². The van der Waals surface area contributed by atoms with Gasteiger partial charge >= 0.3 is 0 Å². The monoisotopic (exact) mass is 435 g/mol. The Balaban J connectivity index is 1.58. The first-order chi connectivity index (χ1) is 13.5. The van der Waals surface area contributed by atoms with Gasteiger partial charge in [0.15, 0.2) is 4.34 Å². The number of thiophene rings is 1. The Kier molecular flexibility index (Phi) is 6.49. The maximum atomic E-state index is 12.4. The molecule has 0 aliphatic heterocycles. The highest BCUT2D eigenvalue weighted by molar-refractivity contribution is 8.02. The molecule has 0 saturated heterocycles. The van der Waals surface area contributed by atoms with Gasteiger partial charge in [-0.05, 0) is 42.6 Å². The Bertz CT molecular complexity index is 971. The summed E-state index contributed by atoms with van der Waals surface area (Å²) < 4.78 is 5.78. The van der Waals surface area contributed by atoms with Crippen LogP contribution in [0.3, 0.4) is 0 Å². The summed E-state index contributed by atoms with van der Waals surface area (Å²) in [6, 6.07) is 9.02. The van der Waals surface area contributed by atoms with Gasteiger partial charge in [0, 0.05) is 5.69 Å². The number of methoxy groups -OCH3 is 1. The summed E-state index contributed by atoms with van der Waals surface area (Å²) in [7, 11) is 1.61. The minimum Gasteiger partial charge on any atom is -0.497 e. The molecule has 0 radical (unpaired) electrons. The molecule has 0 fully saturated rings. The van der Waals surface area contributed by atoms with Gasteiger partial charge in [-0.3, -0.25) is 9.59 Å². The largest absolute Gasteiger partial charge is 0.497 e. The second kappa shape index (κ2) is 9.04. The number of nitrogens with two attached hydrogens (primary N) is 1. The van der Waals surface area contributed by atoms with Gasteiger partial charge in [-0.1, -0.05) is 23.1 Å². The molecule has 11 heteroatoms. The molecule has 3 rings (SSSR count). The van der Waals surface area contributed by atoms with Gasteiger partial charge in [-0.15, -0.1) is 21.5 Å². The first-order valence-corrected chi connectivity index (χ1v) is 10.6. The SMILES string of the molecule is COc1ccc(Nc2nnc(S[C@@H](C)C(=O)Nc3sccc3C(N)=O)s2)cc1. The molecule has 0 unspecified atom stereocenters. The van der Waals surface area contributed by atoms with E-state index < -0.39 is 11.2 Å². The number of carbonyl (C=O) groups is 2. The highest BCUT2D eigenvalue weighted by Gasteiger charge is 2.20. The molecule has 4 N–H and O–H groups in total. The zero-order chi connectivity index (χ0) is 20.1. The quantitative estimate of drug-likeness (QED) is 0.463. The van der Waals surface area contributed by atoms with E-state index in [2.05, 4.69) is 20.8 Å². The third kappa shape index (κ3) is 5.00. The number of anilines is 3. The molecule has 2 heterocycles. The average molecular weight is 436 g/mol. The van der Waals surface area contributed by atoms with Crippen molar-refractivity contribution >= 4 is 62.1 Å². The summed E-state index contributed by atoms with van der Waals surface area (Å²) in [6.45, 7) is 1.76. The molecule has 146 valence electrons. The van der Waals surface area contributed by atoms with Crippen molar-refractivity contribution in [3.05, 3.63) is 41.3 Å². The number of rotatable bonds is 8. The molecule has 0 aliphatic rings. The lowest BCUT2D eigenvalue weighted by Gasteiger charge is -2.09. The topological polar surface area (TPSA) is 119 Å². The van der Waals surface area contributed by atoms with Crippen LogP contribution in [0.4, 0.5) is 15.8 Å². The van der Waals surface area contributed by atoms with Gasteiger partial charge in [-0.2, -0.15) is 0 Å². The summed E-state index contributed by atoms with van der Waals surface area (Å²) >= 11 is 3.88. The Morgan fingerprint density at radius 3 is 2.64 bits per heavy atom. The second-order valence-corrected chi connectivity index (χ2v) is 8.99. The lowest BCUT2D eigenvalue weighted by Crippen LogP contribution is -2.23. The Morgan fingerprint density at radius 1 is 1.21 bits per heavy atom. The van der Waals surface area contributed by atoms with Crippen LogP contribution in [0.5, 0.6) is 5.75 Å². The fourth-order valence-electron chi connectivity index (χ4n) is 2.12. The van der Waals surface area contributed by atoms with E-state index in [0.29, 0.717) is 20.0 Å². The number of carbonyl (C=O) groups excluding carboxylic acids is 2. The fraction of sp³-hybridized carbons (Fsp3) is 0.176. The molecule has 8 nitrogen and oxygen atoms in total. The number of aromatic nitrogens is 2. The van der Waals surface area contributed by atoms with Crippen molar-refractivity contribution in [3.8, 4) is 5.75 Å². The number of amides is 2. The zero-order valence-corrected chi connectivity index (χ0v) is 17.4. The molecule has 0 aliphatic carbocycles. The standard InChI is InChI=1S/C17H17N5O3S3/c1-9(14(24)20-15-12(13(18)23)7-8-26-15)27-17-22-21-16(28-17)19-10-3-5-11(25-2)6-4-10/h3-9H,1-2H3,(H2,18,23)(H,19,21)(H,20,24)/t9-/m0/s1. The number of nitrogens with zero attached hydrogens (tertiary/aromatic N) is 2. The van der Waals surface area contributed by atoms with E-state index in [9.17, 15) is 9.59 Å². The van der Waals surface area contributed by atoms with Crippen LogP contribution < -0.4 is 21.1 Å². The number of benzene rings is 1. The van der Waals surface area contributed by atoms with E-state index in [0.717, 1.165) is 11.4 Å². The van der Waals surface area contributed by atoms with Gasteiger partial charge in [0.25, 0.3) is 5.91 Å². The molecule has 2 amide bonds. The van der Waals surface area contributed by atoms with E-state index in [1.54, 1.807) is 25.5 Å². The molecule has 2 aromatic heterocycles. The van der Waals surface area contributed by atoms with Crippen LogP contribution in [0.15, 0.2) is 40.1 Å². The maximum Gasteiger partial charge on any atom is 0.251 e. The minimum absolute atomic E-state index is 0.241.